The van der Waals surface area contributed by atoms with Crippen molar-refractivity contribution in [3.63, 3.8) is 0 Å². The fourth-order valence-corrected chi connectivity index (χ4v) is 3.40. The molecule has 2 aromatic carbocycles. The molecular weight excluding hydrogens is 366 g/mol. The minimum Gasteiger partial charge on any atom is -0.491 e. The van der Waals surface area contributed by atoms with Gasteiger partial charge in [0.2, 0.25) is 0 Å². The van der Waals surface area contributed by atoms with E-state index in [1.54, 1.807) is 19.2 Å². The maximum Gasteiger partial charge on any atom is 0.187 e. The van der Waals surface area contributed by atoms with Gasteiger partial charge in [0.25, 0.3) is 0 Å². The van der Waals surface area contributed by atoms with E-state index < -0.39 is 0 Å². The second-order valence-electron chi connectivity index (χ2n) is 6.68. The molecule has 4 rings (SSSR count). The van der Waals surface area contributed by atoms with Crippen LogP contribution in [0.25, 0.3) is 27.8 Å². The van der Waals surface area contributed by atoms with Crippen LogP contribution < -0.4 is 10.2 Å². The van der Waals surface area contributed by atoms with Gasteiger partial charge in [0.1, 0.15) is 12.4 Å². The van der Waals surface area contributed by atoms with Gasteiger partial charge in [0.05, 0.1) is 31.0 Å². The number of ether oxygens (including phenoxy) is 3. The minimum atomic E-state index is 0.0235. The first kappa shape index (κ1) is 19.2. The third-order valence-electron chi connectivity index (χ3n) is 4.78. The van der Waals surface area contributed by atoms with Crippen molar-refractivity contribution in [1.82, 2.24) is 4.57 Å². The third kappa shape index (κ3) is 4.16. The zero-order valence-electron chi connectivity index (χ0n) is 16.3. The molecular formula is C24H23NO4. The maximum absolute atomic E-state index is 12.4. The van der Waals surface area contributed by atoms with E-state index in [0.717, 1.165) is 28.0 Å². The Morgan fingerprint density at radius 1 is 0.828 bits per heavy atom. The molecule has 0 saturated carbocycles. The van der Waals surface area contributed by atoms with E-state index in [-0.39, 0.29) is 5.43 Å². The van der Waals surface area contributed by atoms with Crippen LogP contribution in [0.15, 0.2) is 77.6 Å². The summed E-state index contributed by atoms with van der Waals surface area (Å²) in [5, 5.41) is 1.02. The summed E-state index contributed by atoms with van der Waals surface area (Å²) in [6, 6.07) is 23.3. The Balaban J connectivity index is 1.62. The molecule has 0 aromatic heterocycles. The van der Waals surface area contributed by atoms with Crippen LogP contribution in [0.4, 0.5) is 0 Å². The van der Waals surface area contributed by atoms with Crippen molar-refractivity contribution >= 4 is 10.9 Å². The van der Waals surface area contributed by atoms with Crippen molar-refractivity contribution in [1.29, 1.82) is 0 Å². The van der Waals surface area contributed by atoms with Gasteiger partial charge in [-0.15, -0.1) is 0 Å². The second kappa shape index (κ2) is 8.90. The van der Waals surface area contributed by atoms with Gasteiger partial charge in [0.15, 0.2) is 5.43 Å². The van der Waals surface area contributed by atoms with Crippen LogP contribution in [0.3, 0.4) is 0 Å². The molecule has 0 saturated heterocycles. The van der Waals surface area contributed by atoms with Crippen LogP contribution in [0.5, 0.6) is 5.75 Å². The molecule has 0 N–H and O–H groups in total. The number of para-hydroxylation sites is 1. The highest BCUT2D eigenvalue weighted by Gasteiger charge is 2.14. The highest BCUT2D eigenvalue weighted by Crippen LogP contribution is 2.30. The van der Waals surface area contributed by atoms with Crippen LogP contribution in [0, 0.1) is 0 Å². The summed E-state index contributed by atoms with van der Waals surface area (Å²) in [5.74, 6) is 0.777. The van der Waals surface area contributed by atoms with Gasteiger partial charge in [-0.1, -0.05) is 24.3 Å². The molecule has 5 nitrogen and oxygen atoms in total. The summed E-state index contributed by atoms with van der Waals surface area (Å²) in [6.45, 7) is 2.13. The average Bonchev–Trinajstić information content (AvgIpc) is 2.76. The molecule has 1 heterocycles. The first-order valence-electron chi connectivity index (χ1n) is 9.61. The van der Waals surface area contributed by atoms with Crippen molar-refractivity contribution in [3.8, 4) is 22.7 Å². The number of hydrogen-bond donors (Lipinski definition) is 0. The lowest BCUT2D eigenvalue weighted by Crippen LogP contribution is -2.11. The largest absolute Gasteiger partial charge is 0.491 e. The van der Waals surface area contributed by atoms with E-state index >= 15 is 0 Å². The lowest BCUT2D eigenvalue weighted by molar-refractivity contribution is 0.0544. The molecule has 29 heavy (non-hydrogen) atoms. The Morgan fingerprint density at radius 3 is 2.45 bits per heavy atom. The summed E-state index contributed by atoms with van der Waals surface area (Å²) in [4.78, 5) is 12.4. The van der Waals surface area contributed by atoms with E-state index in [1.807, 2.05) is 54.6 Å². The minimum absolute atomic E-state index is 0.0235. The highest BCUT2D eigenvalue weighted by atomic mass is 16.5. The van der Waals surface area contributed by atoms with E-state index in [2.05, 4.69) is 10.6 Å². The molecule has 0 radical (unpaired) electrons. The molecule has 0 bridgehead atoms. The molecule has 1 aliphatic heterocycles. The summed E-state index contributed by atoms with van der Waals surface area (Å²) in [7, 11) is 1.65. The number of nitrogens with zero attached hydrogens (tertiary/aromatic N) is 1. The predicted molar refractivity (Wildman–Crippen MR) is 114 cm³/mol. The van der Waals surface area contributed by atoms with Gasteiger partial charge in [-0.05, 0) is 53.9 Å². The Morgan fingerprint density at radius 2 is 1.62 bits per heavy atom. The summed E-state index contributed by atoms with van der Waals surface area (Å²) in [5.41, 5.74) is 3.64. The first-order valence-corrected chi connectivity index (χ1v) is 9.61. The third-order valence-corrected chi connectivity index (χ3v) is 4.78. The Labute approximate surface area is 169 Å². The van der Waals surface area contributed by atoms with Gasteiger partial charge in [0, 0.05) is 18.4 Å². The normalized spacial score (nSPS) is 11.2. The van der Waals surface area contributed by atoms with Gasteiger partial charge in [-0.3, -0.25) is 4.79 Å². The van der Waals surface area contributed by atoms with Gasteiger partial charge in [-0.2, -0.15) is 0 Å². The van der Waals surface area contributed by atoms with Crippen molar-refractivity contribution < 1.29 is 14.2 Å². The fourth-order valence-electron chi connectivity index (χ4n) is 3.40. The summed E-state index contributed by atoms with van der Waals surface area (Å²) in [6.07, 6.45) is 0. The van der Waals surface area contributed by atoms with Gasteiger partial charge >= 0.3 is 0 Å². The topological polar surface area (TPSA) is 49.7 Å². The van der Waals surface area contributed by atoms with Crippen molar-refractivity contribution in [2.45, 2.75) is 0 Å². The standard InChI is InChI=1S/C24H23NO4/c1-27-13-14-28-15-16-29-20-11-9-19(10-12-20)25-22-6-3-2-5-18(22)17-21-23(25)7-4-8-24(21)26/h2-12,17H,13-16H2,1H3. The second-order valence-corrected chi connectivity index (χ2v) is 6.68. The van der Waals surface area contributed by atoms with E-state index in [9.17, 15) is 4.79 Å². The van der Waals surface area contributed by atoms with Crippen molar-refractivity contribution in [2.24, 2.45) is 0 Å². The van der Waals surface area contributed by atoms with E-state index in [4.69, 9.17) is 14.2 Å². The Hall–Kier alpha value is -3.15. The summed E-state index contributed by atoms with van der Waals surface area (Å²) >= 11 is 0. The lowest BCUT2D eigenvalue weighted by Gasteiger charge is -2.19. The lowest BCUT2D eigenvalue weighted by atomic mass is 10.0. The number of aromatic nitrogens is 1. The number of benzene rings is 3. The molecule has 148 valence electrons. The first-order chi connectivity index (χ1) is 14.3. The average molecular weight is 389 g/mol. The van der Waals surface area contributed by atoms with Crippen LogP contribution in [-0.4, -0.2) is 38.1 Å². The van der Waals surface area contributed by atoms with Crippen molar-refractivity contribution in [2.75, 3.05) is 33.5 Å². The zero-order chi connectivity index (χ0) is 20.1. The van der Waals surface area contributed by atoms with Crippen LogP contribution >= 0.6 is 0 Å². The molecule has 5 heteroatoms. The predicted octanol–water partition coefficient (Wildman–Crippen LogP) is 4.14. The maximum atomic E-state index is 12.4. The number of hydrogen-bond acceptors (Lipinski definition) is 4. The van der Waals surface area contributed by atoms with Crippen LogP contribution in [0.2, 0.25) is 0 Å². The monoisotopic (exact) mass is 389 g/mol. The smallest absolute Gasteiger partial charge is 0.187 e. The molecule has 1 aliphatic carbocycles. The number of fused-ring (bicyclic) bond motifs is 2. The Kier molecular flexibility index (Phi) is 5.89. The van der Waals surface area contributed by atoms with Crippen LogP contribution in [-0.2, 0) is 9.47 Å². The summed E-state index contributed by atoms with van der Waals surface area (Å²) < 4.78 is 18.2. The molecule has 0 amide bonds. The quantitative estimate of drug-likeness (QED) is 0.336. The Bertz CT molecular complexity index is 1120. The molecule has 0 fully saturated rings. The number of pyridine rings is 1. The molecule has 0 atom stereocenters. The molecule has 0 unspecified atom stereocenters. The number of rotatable bonds is 8. The van der Waals surface area contributed by atoms with Gasteiger partial charge < -0.3 is 18.8 Å². The fraction of sp³-hybridized carbons (Fsp3) is 0.208. The van der Waals surface area contributed by atoms with E-state index in [1.165, 1.54) is 0 Å². The van der Waals surface area contributed by atoms with Crippen LogP contribution in [0.1, 0.15) is 0 Å². The SMILES string of the molecule is COCCOCCOc1ccc(-n2c3cccc(=O)c-3cc3ccccc32)cc1. The molecule has 0 spiro atoms. The molecule has 2 aliphatic rings. The number of methoxy groups -OCH3 is 1. The van der Waals surface area contributed by atoms with E-state index in [0.29, 0.717) is 32.0 Å². The molecule has 2 aromatic rings. The zero-order valence-corrected chi connectivity index (χ0v) is 16.3. The highest BCUT2D eigenvalue weighted by molar-refractivity contribution is 5.88. The van der Waals surface area contributed by atoms with Crippen molar-refractivity contribution in [3.05, 3.63) is 83.0 Å². The van der Waals surface area contributed by atoms with Gasteiger partial charge in [-0.25, -0.2) is 0 Å².